The highest BCUT2D eigenvalue weighted by atomic mass is 32.1. The number of benzene rings is 1. The van der Waals surface area contributed by atoms with Gasteiger partial charge < -0.3 is 4.74 Å². The summed E-state index contributed by atoms with van der Waals surface area (Å²) in [5, 5.41) is 2.08. The summed E-state index contributed by atoms with van der Waals surface area (Å²) in [6.07, 6.45) is 2.07. The number of hydrogen-bond acceptors (Lipinski definition) is 5. The highest BCUT2D eigenvalue weighted by molar-refractivity contribution is 7.19. The third-order valence-electron chi connectivity index (χ3n) is 6.47. The predicted octanol–water partition coefficient (Wildman–Crippen LogP) is 4.38. The number of piperidine rings is 3. The van der Waals surface area contributed by atoms with Crippen LogP contribution in [0.5, 0.6) is 0 Å². The van der Waals surface area contributed by atoms with E-state index in [1.165, 1.54) is 0 Å². The Morgan fingerprint density at radius 2 is 1.89 bits per heavy atom. The molecule has 4 aliphatic rings. The van der Waals surface area contributed by atoms with Gasteiger partial charge in [-0.25, -0.2) is 9.78 Å². The van der Waals surface area contributed by atoms with E-state index < -0.39 is 0 Å². The van der Waals surface area contributed by atoms with Crippen molar-refractivity contribution >= 4 is 33.3 Å². The normalized spacial score (nSPS) is 29.0. The molecule has 0 N–H and O–H groups in total. The molecule has 1 atom stereocenters. The first-order valence-electron chi connectivity index (χ1n) is 9.89. The van der Waals surface area contributed by atoms with Crippen molar-refractivity contribution in [1.82, 2.24) is 9.88 Å². The third-order valence-corrected chi connectivity index (χ3v) is 7.60. The van der Waals surface area contributed by atoms with Crippen LogP contribution < -0.4 is 4.90 Å². The molecule has 4 aliphatic heterocycles. The van der Waals surface area contributed by atoms with Crippen molar-refractivity contribution in [3.63, 3.8) is 0 Å². The summed E-state index contributed by atoms with van der Waals surface area (Å²) in [6.45, 7) is 3.82. The van der Waals surface area contributed by atoms with Crippen molar-refractivity contribution in [2.24, 2.45) is 5.92 Å². The number of rotatable bonds is 2. The summed E-state index contributed by atoms with van der Waals surface area (Å²) >= 11 is 1.61. The van der Waals surface area contributed by atoms with Crippen LogP contribution in [0.15, 0.2) is 48.5 Å². The average Bonchev–Trinajstić information content (AvgIpc) is 3.33. The van der Waals surface area contributed by atoms with Gasteiger partial charge in [-0.2, -0.15) is 0 Å². The monoisotopic (exact) mass is 391 g/mol. The Balaban J connectivity index is 1.30. The Morgan fingerprint density at radius 1 is 1.04 bits per heavy atom. The van der Waals surface area contributed by atoms with Gasteiger partial charge in [0, 0.05) is 17.8 Å². The quantitative estimate of drug-likeness (QED) is 0.650. The first kappa shape index (κ1) is 16.5. The van der Waals surface area contributed by atoms with Crippen molar-refractivity contribution in [3.8, 4) is 10.6 Å². The van der Waals surface area contributed by atoms with E-state index in [0.29, 0.717) is 12.5 Å². The zero-order valence-corrected chi connectivity index (χ0v) is 16.3. The molecule has 4 saturated heterocycles. The van der Waals surface area contributed by atoms with E-state index in [1.54, 1.807) is 11.3 Å². The number of hydrogen-bond donors (Lipinski definition) is 0. The SMILES string of the molecule is O=C1OC2(CN3CCC2CC3)CN1c1ccc(-c2ccc3ccccc3n2)s1. The number of carbonyl (C=O) groups excluding carboxylic acids is 1. The van der Waals surface area contributed by atoms with Gasteiger partial charge in [0.05, 0.1) is 22.6 Å². The van der Waals surface area contributed by atoms with Crippen LogP contribution in [-0.4, -0.2) is 47.8 Å². The second kappa shape index (κ2) is 6.03. The third kappa shape index (κ3) is 2.48. The Kier molecular flexibility index (Phi) is 3.55. The number of amides is 1. The average molecular weight is 391 g/mol. The van der Waals surface area contributed by atoms with E-state index in [2.05, 4.69) is 29.2 Å². The number of fused-ring (bicyclic) bond motifs is 3. The molecule has 28 heavy (non-hydrogen) atoms. The molecular weight excluding hydrogens is 370 g/mol. The molecule has 1 aromatic carbocycles. The molecule has 7 rings (SSSR count). The van der Waals surface area contributed by atoms with Crippen molar-refractivity contribution in [3.05, 3.63) is 48.5 Å². The molecule has 3 aromatic rings. The van der Waals surface area contributed by atoms with Crippen LogP contribution in [0.1, 0.15) is 12.8 Å². The smallest absolute Gasteiger partial charge is 0.415 e. The molecule has 0 saturated carbocycles. The minimum atomic E-state index is -0.321. The molecule has 6 heterocycles. The summed E-state index contributed by atoms with van der Waals surface area (Å²) in [6, 6.07) is 16.4. The first-order valence-corrected chi connectivity index (χ1v) is 10.7. The molecule has 6 heteroatoms. The van der Waals surface area contributed by atoms with Crippen LogP contribution in [0.25, 0.3) is 21.5 Å². The molecule has 1 spiro atoms. The topological polar surface area (TPSA) is 45.7 Å². The minimum Gasteiger partial charge on any atom is -0.439 e. The summed E-state index contributed by atoms with van der Waals surface area (Å²) < 4.78 is 6.00. The molecule has 0 radical (unpaired) electrons. The minimum absolute atomic E-state index is 0.200. The van der Waals surface area contributed by atoms with E-state index in [9.17, 15) is 4.79 Å². The van der Waals surface area contributed by atoms with Gasteiger partial charge in [0.25, 0.3) is 0 Å². The lowest BCUT2D eigenvalue weighted by Gasteiger charge is -2.49. The van der Waals surface area contributed by atoms with Gasteiger partial charge in [-0.05, 0) is 50.2 Å². The van der Waals surface area contributed by atoms with Crippen LogP contribution in [0.2, 0.25) is 0 Å². The van der Waals surface area contributed by atoms with Gasteiger partial charge in [0.2, 0.25) is 0 Å². The fourth-order valence-corrected chi connectivity index (χ4v) is 5.96. The second-order valence-electron chi connectivity index (χ2n) is 8.10. The Bertz CT molecular complexity index is 1070. The van der Waals surface area contributed by atoms with Crippen LogP contribution in [-0.2, 0) is 4.74 Å². The molecule has 1 unspecified atom stereocenters. The molecular formula is C22H21N3O2S. The van der Waals surface area contributed by atoms with Gasteiger partial charge >= 0.3 is 6.09 Å². The number of nitrogens with zero attached hydrogens (tertiary/aromatic N) is 3. The Hall–Kier alpha value is -2.44. The van der Waals surface area contributed by atoms with E-state index >= 15 is 0 Å². The highest BCUT2D eigenvalue weighted by Crippen LogP contribution is 2.45. The standard InChI is InChI=1S/C22H21N3O2S/c26-21-25(14-22(27-21)13-24-11-9-16(22)10-12-24)20-8-7-19(28-20)18-6-5-15-3-1-2-4-17(15)23-18/h1-8,16H,9-14H2. The maximum absolute atomic E-state index is 12.7. The van der Waals surface area contributed by atoms with E-state index in [-0.39, 0.29) is 11.7 Å². The van der Waals surface area contributed by atoms with Gasteiger partial charge in [-0.1, -0.05) is 24.3 Å². The van der Waals surface area contributed by atoms with Crippen LogP contribution in [0.4, 0.5) is 9.80 Å². The van der Waals surface area contributed by atoms with Gasteiger partial charge in [0.15, 0.2) is 0 Å². The van der Waals surface area contributed by atoms with Crippen LogP contribution in [0.3, 0.4) is 0 Å². The second-order valence-corrected chi connectivity index (χ2v) is 9.16. The lowest BCUT2D eigenvalue weighted by Crippen LogP contribution is -2.61. The van der Waals surface area contributed by atoms with Gasteiger partial charge in [0.1, 0.15) is 10.6 Å². The summed E-state index contributed by atoms with van der Waals surface area (Å²) in [5.74, 6) is 0.494. The number of ether oxygens (including phenoxy) is 1. The number of para-hydroxylation sites is 1. The molecule has 2 bridgehead atoms. The van der Waals surface area contributed by atoms with E-state index in [0.717, 1.165) is 59.0 Å². The van der Waals surface area contributed by atoms with Crippen molar-refractivity contribution in [2.75, 3.05) is 31.1 Å². The molecule has 2 aromatic heterocycles. The summed E-state index contributed by atoms with van der Waals surface area (Å²) in [5.41, 5.74) is 1.61. The number of thiophene rings is 1. The lowest BCUT2D eigenvalue weighted by atomic mass is 9.75. The van der Waals surface area contributed by atoms with Crippen LogP contribution >= 0.6 is 11.3 Å². The summed E-state index contributed by atoms with van der Waals surface area (Å²) in [7, 11) is 0. The number of pyridine rings is 1. The largest absolute Gasteiger partial charge is 0.439 e. The van der Waals surface area contributed by atoms with E-state index in [4.69, 9.17) is 9.72 Å². The zero-order valence-electron chi connectivity index (χ0n) is 15.5. The van der Waals surface area contributed by atoms with Crippen molar-refractivity contribution in [1.29, 1.82) is 0 Å². The van der Waals surface area contributed by atoms with Crippen LogP contribution in [0, 0.1) is 5.92 Å². The Morgan fingerprint density at radius 3 is 2.71 bits per heavy atom. The summed E-state index contributed by atoms with van der Waals surface area (Å²) in [4.78, 5) is 22.9. The number of anilines is 1. The zero-order chi connectivity index (χ0) is 18.7. The van der Waals surface area contributed by atoms with Gasteiger partial charge in [-0.3, -0.25) is 9.80 Å². The number of carbonyl (C=O) groups is 1. The molecule has 0 aliphatic carbocycles. The van der Waals surface area contributed by atoms with Crippen molar-refractivity contribution in [2.45, 2.75) is 18.4 Å². The molecule has 5 nitrogen and oxygen atoms in total. The maximum atomic E-state index is 12.7. The fraction of sp³-hybridized carbons (Fsp3) is 0.364. The predicted molar refractivity (Wildman–Crippen MR) is 111 cm³/mol. The molecule has 4 fully saturated rings. The number of aromatic nitrogens is 1. The van der Waals surface area contributed by atoms with E-state index in [1.807, 2.05) is 29.2 Å². The molecule has 1 amide bonds. The lowest BCUT2D eigenvalue weighted by molar-refractivity contribution is -0.0881. The first-order chi connectivity index (χ1) is 13.7. The van der Waals surface area contributed by atoms with Gasteiger partial charge in [-0.15, -0.1) is 11.3 Å². The maximum Gasteiger partial charge on any atom is 0.415 e. The fourth-order valence-electron chi connectivity index (χ4n) is 4.99. The Labute approximate surface area is 167 Å². The highest BCUT2D eigenvalue weighted by Gasteiger charge is 2.55. The molecule has 142 valence electrons. The van der Waals surface area contributed by atoms with Crippen molar-refractivity contribution < 1.29 is 9.53 Å².